The lowest BCUT2D eigenvalue weighted by molar-refractivity contribution is -0.120. The molecular weight excluding hydrogens is 401 g/mol. The molecule has 3 rings (SSSR count). The Morgan fingerprint density at radius 1 is 1.10 bits per heavy atom. The summed E-state index contributed by atoms with van der Waals surface area (Å²) in [5, 5.41) is 2.79. The SMILES string of the molecule is COc1ccc(SC(C)C(=O)NC(C)c2cc(F)ccc2N2CCN(C)CC2)cc1. The maximum Gasteiger partial charge on any atom is 0.233 e. The van der Waals surface area contributed by atoms with E-state index in [0.717, 1.165) is 48.1 Å². The van der Waals surface area contributed by atoms with Gasteiger partial charge in [-0.2, -0.15) is 0 Å². The highest BCUT2D eigenvalue weighted by atomic mass is 32.2. The first-order valence-corrected chi connectivity index (χ1v) is 11.1. The minimum absolute atomic E-state index is 0.0723. The van der Waals surface area contributed by atoms with Gasteiger partial charge < -0.3 is 19.9 Å². The molecule has 1 amide bonds. The predicted molar refractivity (Wildman–Crippen MR) is 121 cm³/mol. The van der Waals surface area contributed by atoms with Gasteiger partial charge in [-0.15, -0.1) is 11.8 Å². The zero-order chi connectivity index (χ0) is 21.7. The summed E-state index contributed by atoms with van der Waals surface area (Å²) in [5.74, 6) is 0.425. The van der Waals surface area contributed by atoms with Crippen molar-refractivity contribution >= 4 is 23.4 Å². The van der Waals surface area contributed by atoms with Gasteiger partial charge in [0.2, 0.25) is 5.91 Å². The van der Waals surface area contributed by atoms with Crippen LogP contribution in [0.5, 0.6) is 5.75 Å². The molecule has 5 nitrogen and oxygen atoms in total. The van der Waals surface area contributed by atoms with Crippen molar-refractivity contribution in [2.45, 2.75) is 30.0 Å². The van der Waals surface area contributed by atoms with Gasteiger partial charge in [0.15, 0.2) is 0 Å². The standard InChI is InChI=1S/C23H30FN3O2S/c1-16(25-23(28)17(2)30-20-8-6-19(29-4)7-9-20)21-15-18(24)5-10-22(21)27-13-11-26(3)12-14-27/h5-10,15-17H,11-14H2,1-4H3,(H,25,28). The molecule has 1 saturated heterocycles. The molecule has 1 aliphatic rings. The molecule has 1 aliphatic heterocycles. The van der Waals surface area contributed by atoms with Crippen LogP contribution in [0.1, 0.15) is 25.5 Å². The van der Waals surface area contributed by atoms with Crippen molar-refractivity contribution in [3.63, 3.8) is 0 Å². The Morgan fingerprint density at radius 2 is 1.77 bits per heavy atom. The van der Waals surface area contributed by atoms with E-state index in [9.17, 15) is 9.18 Å². The van der Waals surface area contributed by atoms with E-state index >= 15 is 0 Å². The van der Waals surface area contributed by atoms with Crippen LogP contribution < -0.4 is 15.0 Å². The number of nitrogens with zero attached hydrogens (tertiary/aromatic N) is 2. The van der Waals surface area contributed by atoms with Gasteiger partial charge in [-0.05, 0) is 63.4 Å². The number of carbonyl (C=O) groups is 1. The molecule has 1 fully saturated rings. The monoisotopic (exact) mass is 431 g/mol. The molecule has 0 spiro atoms. The summed E-state index contributed by atoms with van der Waals surface area (Å²) in [7, 11) is 3.73. The summed E-state index contributed by atoms with van der Waals surface area (Å²) in [6, 6.07) is 12.2. The smallest absolute Gasteiger partial charge is 0.233 e. The highest BCUT2D eigenvalue weighted by Gasteiger charge is 2.23. The highest BCUT2D eigenvalue weighted by molar-refractivity contribution is 8.00. The second kappa shape index (κ2) is 10.2. The first-order chi connectivity index (χ1) is 14.4. The Bertz CT molecular complexity index is 854. The number of anilines is 1. The Balaban J connectivity index is 1.67. The lowest BCUT2D eigenvalue weighted by Crippen LogP contribution is -2.45. The predicted octanol–water partition coefficient (Wildman–Crippen LogP) is 3.94. The third-order valence-corrected chi connectivity index (χ3v) is 6.51. The molecular formula is C23H30FN3O2S. The van der Waals surface area contributed by atoms with Gasteiger partial charge in [-0.3, -0.25) is 4.79 Å². The number of halogens is 1. The van der Waals surface area contributed by atoms with Gasteiger partial charge in [0, 0.05) is 42.3 Å². The molecule has 1 N–H and O–H groups in total. The van der Waals surface area contributed by atoms with Gasteiger partial charge in [0.05, 0.1) is 18.4 Å². The largest absolute Gasteiger partial charge is 0.497 e. The van der Waals surface area contributed by atoms with Crippen molar-refractivity contribution < 1.29 is 13.9 Å². The summed E-state index contributed by atoms with van der Waals surface area (Å²) in [6.07, 6.45) is 0. The number of thioether (sulfide) groups is 1. The lowest BCUT2D eigenvalue weighted by atomic mass is 10.0. The van der Waals surface area contributed by atoms with Crippen LogP contribution in [-0.4, -0.2) is 56.4 Å². The lowest BCUT2D eigenvalue weighted by Gasteiger charge is -2.36. The number of piperazine rings is 1. The molecule has 162 valence electrons. The van der Waals surface area contributed by atoms with E-state index in [1.165, 1.54) is 17.8 Å². The second-order valence-corrected chi connectivity index (χ2v) is 9.07. The summed E-state index contributed by atoms with van der Waals surface area (Å²) in [4.78, 5) is 18.3. The minimum Gasteiger partial charge on any atom is -0.497 e. The van der Waals surface area contributed by atoms with E-state index < -0.39 is 0 Å². The highest BCUT2D eigenvalue weighted by Crippen LogP contribution is 2.30. The van der Waals surface area contributed by atoms with E-state index in [-0.39, 0.29) is 23.0 Å². The number of carbonyl (C=O) groups excluding carboxylic acids is 1. The Hall–Kier alpha value is -2.25. The van der Waals surface area contributed by atoms with Crippen molar-refractivity contribution in [3.05, 3.63) is 53.8 Å². The minimum atomic E-state index is -0.290. The number of amides is 1. The van der Waals surface area contributed by atoms with Crippen molar-refractivity contribution in [3.8, 4) is 5.75 Å². The molecule has 0 bridgehead atoms. The van der Waals surface area contributed by atoms with Crippen molar-refractivity contribution in [2.75, 3.05) is 45.2 Å². The zero-order valence-electron chi connectivity index (χ0n) is 18.0. The number of hydrogen-bond acceptors (Lipinski definition) is 5. The number of rotatable bonds is 7. The molecule has 0 radical (unpaired) electrons. The maximum atomic E-state index is 14.0. The number of likely N-dealkylation sites (N-methyl/N-ethyl adjacent to an activating group) is 1. The summed E-state index contributed by atoms with van der Waals surface area (Å²) in [5.41, 5.74) is 1.81. The molecule has 1 heterocycles. The van der Waals surface area contributed by atoms with Gasteiger partial charge >= 0.3 is 0 Å². The third kappa shape index (κ3) is 5.67. The van der Waals surface area contributed by atoms with Crippen molar-refractivity contribution in [1.29, 1.82) is 0 Å². The fourth-order valence-corrected chi connectivity index (χ4v) is 4.40. The van der Waals surface area contributed by atoms with Crippen LogP contribution in [0.3, 0.4) is 0 Å². The summed E-state index contributed by atoms with van der Waals surface area (Å²) < 4.78 is 19.2. The van der Waals surface area contributed by atoms with Crippen LogP contribution in [0.15, 0.2) is 47.4 Å². The Morgan fingerprint density at radius 3 is 2.40 bits per heavy atom. The summed E-state index contributed by atoms with van der Waals surface area (Å²) in [6.45, 7) is 7.50. The van der Waals surface area contributed by atoms with E-state index in [1.54, 1.807) is 13.2 Å². The summed E-state index contributed by atoms with van der Waals surface area (Å²) >= 11 is 1.49. The Kier molecular flexibility index (Phi) is 7.61. The van der Waals surface area contributed by atoms with Crippen LogP contribution in [-0.2, 0) is 4.79 Å². The molecule has 30 heavy (non-hydrogen) atoms. The van der Waals surface area contributed by atoms with Gasteiger partial charge in [0.25, 0.3) is 0 Å². The van der Waals surface area contributed by atoms with E-state index in [2.05, 4.69) is 22.2 Å². The molecule has 2 unspecified atom stereocenters. The third-order valence-electron chi connectivity index (χ3n) is 5.40. The second-order valence-electron chi connectivity index (χ2n) is 7.66. The molecule has 7 heteroatoms. The molecule has 0 aliphatic carbocycles. The van der Waals surface area contributed by atoms with Crippen LogP contribution in [0.25, 0.3) is 0 Å². The van der Waals surface area contributed by atoms with Gasteiger partial charge in [-0.1, -0.05) is 0 Å². The molecule has 0 saturated carbocycles. The van der Waals surface area contributed by atoms with Crippen LogP contribution in [0.2, 0.25) is 0 Å². The topological polar surface area (TPSA) is 44.8 Å². The fraction of sp³-hybridized carbons (Fsp3) is 0.435. The van der Waals surface area contributed by atoms with E-state index in [0.29, 0.717) is 0 Å². The molecule has 2 atom stereocenters. The van der Waals surface area contributed by atoms with Crippen LogP contribution in [0, 0.1) is 5.82 Å². The number of hydrogen-bond donors (Lipinski definition) is 1. The van der Waals surface area contributed by atoms with Gasteiger partial charge in [0.1, 0.15) is 11.6 Å². The van der Waals surface area contributed by atoms with Crippen LogP contribution in [0.4, 0.5) is 10.1 Å². The maximum absolute atomic E-state index is 14.0. The van der Waals surface area contributed by atoms with Crippen molar-refractivity contribution in [2.24, 2.45) is 0 Å². The first-order valence-electron chi connectivity index (χ1n) is 10.2. The molecule has 2 aromatic carbocycles. The van der Waals surface area contributed by atoms with E-state index in [4.69, 9.17) is 4.74 Å². The number of benzene rings is 2. The fourth-order valence-electron chi connectivity index (χ4n) is 3.53. The Labute approximate surface area is 182 Å². The number of methoxy groups -OCH3 is 1. The normalized spacial score (nSPS) is 16.8. The van der Waals surface area contributed by atoms with Gasteiger partial charge in [-0.25, -0.2) is 4.39 Å². The van der Waals surface area contributed by atoms with Crippen molar-refractivity contribution in [1.82, 2.24) is 10.2 Å². The average Bonchev–Trinajstić information content (AvgIpc) is 2.74. The number of nitrogens with one attached hydrogen (secondary N) is 1. The zero-order valence-corrected chi connectivity index (χ0v) is 18.8. The average molecular weight is 432 g/mol. The first kappa shape index (κ1) is 22.4. The number of ether oxygens (including phenoxy) is 1. The molecule has 0 aromatic heterocycles. The van der Waals surface area contributed by atoms with Crippen LogP contribution >= 0.6 is 11.8 Å². The van der Waals surface area contributed by atoms with E-state index in [1.807, 2.05) is 44.2 Å². The quantitative estimate of drug-likeness (QED) is 0.673. The molecule has 2 aromatic rings.